The van der Waals surface area contributed by atoms with Crippen LogP contribution < -0.4 is 0 Å². The van der Waals surface area contributed by atoms with Crippen molar-refractivity contribution in [1.82, 2.24) is 4.98 Å². The summed E-state index contributed by atoms with van der Waals surface area (Å²) in [4.78, 5) is 4.26. The maximum absolute atomic E-state index is 5.27. The predicted octanol–water partition coefficient (Wildman–Crippen LogP) is 2.15. The van der Waals surface area contributed by atoms with Crippen LogP contribution in [-0.4, -0.2) is 4.98 Å². The van der Waals surface area contributed by atoms with E-state index in [2.05, 4.69) is 31.7 Å². The lowest BCUT2D eigenvalue weighted by Crippen LogP contribution is -2.11. The number of hydrogen-bond donors (Lipinski definition) is 0. The molecule has 0 aliphatic carbocycles. The topological polar surface area (TPSA) is 26.0 Å². The average Bonchev–Trinajstić information content (AvgIpc) is 2.35. The van der Waals surface area contributed by atoms with Crippen LogP contribution in [0.25, 0.3) is 0 Å². The number of oxazole rings is 1. The minimum absolute atomic E-state index is 0.0349. The van der Waals surface area contributed by atoms with Gasteiger partial charge in [-0.25, -0.2) is 4.98 Å². The Morgan fingerprint density at radius 3 is 2.67 bits per heavy atom. The van der Waals surface area contributed by atoms with E-state index in [1.165, 1.54) is 0 Å². The van der Waals surface area contributed by atoms with Gasteiger partial charge in [0.1, 0.15) is 6.26 Å². The standard InChI is InChI=1S/C10H13NO/c1-5-6-8-7-12-9(11-8)10(2,3)4/h1,7H,6H2,2-4H3. The summed E-state index contributed by atoms with van der Waals surface area (Å²) in [6, 6.07) is 0. The summed E-state index contributed by atoms with van der Waals surface area (Å²) in [6.07, 6.45) is 7.31. The molecule has 0 aliphatic rings. The molecule has 0 radical (unpaired) electrons. The molecule has 1 rings (SSSR count). The van der Waals surface area contributed by atoms with Gasteiger partial charge in [-0.05, 0) is 0 Å². The minimum Gasteiger partial charge on any atom is -0.448 e. The van der Waals surface area contributed by atoms with Crippen molar-refractivity contribution in [3.05, 3.63) is 17.8 Å². The molecule has 0 amide bonds. The Balaban J connectivity index is 2.86. The summed E-state index contributed by atoms with van der Waals surface area (Å²) in [5.41, 5.74) is 0.801. The molecule has 0 N–H and O–H groups in total. The van der Waals surface area contributed by atoms with E-state index in [9.17, 15) is 0 Å². The molecule has 64 valence electrons. The van der Waals surface area contributed by atoms with Crippen LogP contribution >= 0.6 is 0 Å². The van der Waals surface area contributed by atoms with Crippen LogP contribution in [0.5, 0.6) is 0 Å². The molecule has 0 saturated heterocycles. The van der Waals surface area contributed by atoms with Gasteiger partial charge in [-0.15, -0.1) is 12.3 Å². The van der Waals surface area contributed by atoms with Crippen molar-refractivity contribution < 1.29 is 4.42 Å². The Hall–Kier alpha value is -1.23. The molecule has 0 fully saturated rings. The third-order valence-corrected chi connectivity index (χ3v) is 1.48. The predicted molar refractivity (Wildman–Crippen MR) is 47.7 cm³/mol. The fraction of sp³-hybridized carbons (Fsp3) is 0.500. The van der Waals surface area contributed by atoms with Gasteiger partial charge in [0.2, 0.25) is 0 Å². The van der Waals surface area contributed by atoms with Crippen LogP contribution in [0.2, 0.25) is 0 Å². The SMILES string of the molecule is C#CCc1coc(C(C)(C)C)n1. The van der Waals surface area contributed by atoms with Crippen LogP contribution in [-0.2, 0) is 11.8 Å². The molecule has 0 spiro atoms. The van der Waals surface area contributed by atoms with Gasteiger partial charge >= 0.3 is 0 Å². The maximum atomic E-state index is 5.27. The zero-order valence-electron chi connectivity index (χ0n) is 7.72. The quantitative estimate of drug-likeness (QED) is 0.593. The lowest BCUT2D eigenvalue weighted by molar-refractivity contribution is 0.392. The van der Waals surface area contributed by atoms with Gasteiger partial charge in [-0.1, -0.05) is 20.8 Å². The molecular formula is C10H13NO. The maximum Gasteiger partial charge on any atom is 0.199 e. The Morgan fingerprint density at radius 2 is 2.25 bits per heavy atom. The fourth-order valence-electron chi connectivity index (χ4n) is 0.837. The lowest BCUT2D eigenvalue weighted by atomic mass is 9.97. The monoisotopic (exact) mass is 163 g/mol. The van der Waals surface area contributed by atoms with Crippen LogP contribution in [0.1, 0.15) is 32.4 Å². The summed E-state index contributed by atoms with van der Waals surface area (Å²) in [5.74, 6) is 3.27. The summed E-state index contributed by atoms with van der Waals surface area (Å²) in [7, 11) is 0. The molecular weight excluding hydrogens is 150 g/mol. The highest BCUT2D eigenvalue weighted by molar-refractivity contribution is 5.09. The first-order valence-corrected chi connectivity index (χ1v) is 3.92. The number of hydrogen-bond acceptors (Lipinski definition) is 2. The molecule has 12 heavy (non-hydrogen) atoms. The van der Waals surface area contributed by atoms with Crippen LogP contribution in [0.4, 0.5) is 0 Å². The Bertz CT molecular complexity index is 298. The van der Waals surface area contributed by atoms with Crippen molar-refractivity contribution in [2.24, 2.45) is 0 Å². The normalized spacial score (nSPS) is 11.2. The van der Waals surface area contributed by atoms with Crippen molar-refractivity contribution in [3.8, 4) is 12.3 Å². The van der Waals surface area contributed by atoms with Gasteiger partial charge in [0.25, 0.3) is 0 Å². The van der Waals surface area contributed by atoms with Gasteiger partial charge < -0.3 is 4.42 Å². The molecule has 1 aromatic heterocycles. The van der Waals surface area contributed by atoms with Gasteiger partial charge in [0.05, 0.1) is 12.1 Å². The molecule has 0 aliphatic heterocycles. The van der Waals surface area contributed by atoms with E-state index in [1.807, 2.05) is 0 Å². The fourth-order valence-corrected chi connectivity index (χ4v) is 0.837. The zero-order valence-corrected chi connectivity index (χ0v) is 7.72. The van der Waals surface area contributed by atoms with Crippen molar-refractivity contribution in [3.63, 3.8) is 0 Å². The smallest absolute Gasteiger partial charge is 0.199 e. The number of rotatable bonds is 1. The van der Waals surface area contributed by atoms with Crippen molar-refractivity contribution in [1.29, 1.82) is 0 Å². The molecule has 2 heteroatoms. The molecule has 0 saturated carbocycles. The van der Waals surface area contributed by atoms with Gasteiger partial charge in [-0.3, -0.25) is 0 Å². The molecule has 1 heterocycles. The Kier molecular flexibility index (Phi) is 2.23. The summed E-state index contributed by atoms with van der Waals surface area (Å²) in [6.45, 7) is 6.16. The summed E-state index contributed by atoms with van der Waals surface area (Å²) >= 11 is 0. The highest BCUT2D eigenvalue weighted by atomic mass is 16.3. The third-order valence-electron chi connectivity index (χ3n) is 1.48. The second-order valence-electron chi connectivity index (χ2n) is 3.77. The minimum atomic E-state index is -0.0349. The lowest BCUT2D eigenvalue weighted by Gasteiger charge is -2.11. The second-order valence-corrected chi connectivity index (χ2v) is 3.77. The number of terminal acetylenes is 1. The third kappa shape index (κ3) is 1.88. The first-order chi connectivity index (χ1) is 5.54. The Morgan fingerprint density at radius 1 is 1.58 bits per heavy atom. The average molecular weight is 163 g/mol. The van der Waals surface area contributed by atoms with Crippen LogP contribution in [0.15, 0.2) is 10.7 Å². The van der Waals surface area contributed by atoms with E-state index in [1.54, 1.807) is 6.26 Å². The zero-order chi connectivity index (χ0) is 9.19. The molecule has 0 bridgehead atoms. The van der Waals surface area contributed by atoms with E-state index >= 15 is 0 Å². The molecule has 1 aromatic rings. The van der Waals surface area contributed by atoms with Gasteiger partial charge in [0, 0.05) is 5.41 Å². The highest BCUT2D eigenvalue weighted by Gasteiger charge is 2.19. The molecule has 0 aromatic carbocycles. The highest BCUT2D eigenvalue weighted by Crippen LogP contribution is 2.20. The molecule has 2 nitrogen and oxygen atoms in total. The number of aromatic nitrogens is 1. The Labute approximate surface area is 73.0 Å². The van der Waals surface area contributed by atoms with Crippen LogP contribution in [0, 0.1) is 12.3 Å². The molecule has 0 atom stereocenters. The van der Waals surface area contributed by atoms with E-state index < -0.39 is 0 Å². The second kappa shape index (κ2) is 3.02. The van der Waals surface area contributed by atoms with Crippen molar-refractivity contribution >= 4 is 0 Å². The van der Waals surface area contributed by atoms with E-state index in [0.717, 1.165) is 11.6 Å². The first-order valence-electron chi connectivity index (χ1n) is 3.92. The van der Waals surface area contributed by atoms with E-state index in [4.69, 9.17) is 10.8 Å². The number of nitrogens with zero attached hydrogens (tertiary/aromatic N) is 1. The molecule has 0 unspecified atom stereocenters. The first kappa shape index (κ1) is 8.86. The van der Waals surface area contributed by atoms with Crippen LogP contribution in [0.3, 0.4) is 0 Å². The van der Waals surface area contributed by atoms with Gasteiger partial charge in [0.15, 0.2) is 5.89 Å². The summed E-state index contributed by atoms with van der Waals surface area (Å²) < 4.78 is 5.27. The van der Waals surface area contributed by atoms with Crippen molar-refractivity contribution in [2.75, 3.05) is 0 Å². The summed E-state index contributed by atoms with van der Waals surface area (Å²) in [5, 5.41) is 0. The van der Waals surface area contributed by atoms with E-state index in [-0.39, 0.29) is 5.41 Å². The largest absolute Gasteiger partial charge is 0.448 e. The van der Waals surface area contributed by atoms with Gasteiger partial charge in [-0.2, -0.15) is 0 Å². The van der Waals surface area contributed by atoms with E-state index in [0.29, 0.717) is 6.42 Å². The van der Waals surface area contributed by atoms with Crippen molar-refractivity contribution in [2.45, 2.75) is 32.6 Å².